The van der Waals surface area contributed by atoms with Crippen LogP contribution in [0.1, 0.15) is 25.6 Å². The number of nitrogens with zero attached hydrogens (tertiary/aromatic N) is 6. The van der Waals surface area contributed by atoms with E-state index in [4.69, 9.17) is 4.74 Å². The van der Waals surface area contributed by atoms with Crippen LogP contribution < -0.4 is 5.32 Å². The first kappa shape index (κ1) is 17.6. The Bertz CT molecular complexity index is 519. The Labute approximate surface area is 136 Å². The smallest absolute Gasteiger partial charge is 0.317 e. The number of likely N-dealkylation sites (tertiary alicyclic amines) is 1. The zero-order valence-electron chi connectivity index (χ0n) is 14.4. The zero-order valence-corrected chi connectivity index (χ0v) is 14.4. The van der Waals surface area contributed by atoms with Gasteiger partial charge in [0.25, 0.3) is 0 Å². The molecule has 1 aromatic rings. The number of carbonyl (C=O) groups excluding carboxylic acids is 1. The second-order valence-electron chi connectivity index (χ2n) is 6.05. The Morgan fingerprint density at radius 1 is 1.48 bits per heavy atom. The van der Waals surface area contributed by atoms with Gasteiger partial charge in [-0.2, -0.15) is 0 Å². The van der Waals surface area contributed by atoms with Crippen LogP contribution in [-0.4, -0.2) is 83.5 Å². The summed E-state index contributed by atoms with van der Waals surface area (Å²) in [5, 5.41) is 15.1. The molecule has 0 radical (unpaired) electrons. The third kappa shape index (κ3) is 3.61. The minimum atomic E-state index is -0.374. The van der Waals surface area contributed by atoms with Gasteiger partial charge < -0.3 is 15.0 Å². The summed E-state index contributed by atoms with van der Waals surface area (Å²) < 4.78 is 6.90. The number of likely N-dealkylation sites (N-methyl/N-ethyl adjacent to an activating group) is 1. The molecule has 0 aromatic carbocycles. The molecule has 1 aliphatic heterocycles. The number of nitrogens with one attached hydrogen (secondary N) is 1. The maximum Gasteiger partial charge on any atom is 0.317 e. The molecule has 1 atom stereocenters. The van der Waals surface area contributed by atoms with E-state index in [-0.39, 0.29) is 11.6 Å². The Hall–Kier alpha value is -1.74. The zero-order chi connectivity index (χ0) is 16.9. The molecule has 1 fully saturated rings. The number of tetrazole rings is 1. The molecule has 2 rings (SSSR count). The molecule has 23 heavy (non-hydrogen) atoms. The van der Waals surface area contributed by atoms with Gasteiger partial charge in [-0.3, -0.25) is 4.90 Å². The van der Waals surface area contributed by atoms with Gasteiger partial charge in [-0.05, 0) is 37.4 Å². The number of methoxy groups -OCH3 is 1. The number of carbonyl (C=O) groups is 1. The molecule has 1 saturated heterocycles. The van der Waals surface area contributed by atoms with Crippen LogP contribution in [0, 0.1) is 0 Å². The van der Waals surface area contributed by atoms with Gasteiger partial charge in [-0.15, -0.1) is 5.10 Å². The summed E-state index contributed by atoms with van der Waals surface area (Å²) in [7, 11) is 5.66. The molecule has 130 valence electrons. The van der Waals surface area contributed by atoms with E-state index in [0.717, 1.165) is 18.7 Å². The van der Waals surface area contributed by atoms with Crippen molar-refractivity contribution in [3.05, 3.63) is 5.82 Å². The summed E-state index contributed by atoms with van der Waals surface area (Å²) in [5.74, 6) is 0.783. The lowest BCUT2D eigenvalue weighted by Crippen LogP contribution is -2.48. The first-order valence-corrected chi connectivity index (χ1v) is 8.01. The summed E-state index contributed by atoms with van der Waals surface area (Å²) in [4.78, 5) is 16.2. The van der Waals surface area contributed by atoms with Crippen molar-refractivity contribution in [2.45, 2.75) is 31.8 Å². The maximum absolute atomic E-state index is 12.3. The Morgan fingerprint density at radius 3 is 2.91 bits per heavy atom. The first-order chi connectivity index (χ1) is 11.0. The van der Waals surface area contributed by atoms with Crippen LogP contribution in [0.5, 0.6) is 0 Å². The SMILES string of the molecule is CCCNC(=O)N1CCC(c2nnnn2CCOC)(N(C)C)C1. The van der Waals surface area contributed by atoms with Gasteiger partial charge in [0.2, 0.25) is 0 Å². The average molecular weight is 325 g/mol. The number of urea groups is 1. The lowest BCUT2D eigenvalue weighted by atomic mass is 9.96. The highest BCUT2D eigenvalue weighted by Gasteiger charge is 2.47. The molecular formula is C14H27N7O2. The molecule has 0 bridgehead atoms. The van der Waals surface area contributed by atoms with Crippen molar-refractivity contribution in [3.63, 3.8) is 0 Å². The Kier molecular flexibility index (Phi) is 5.89. The van der Waals surface area contributed by atoms with Crippen molar-refractivity contribution in [2.75, 3.05) is 47.4 Å². The quantitative estimate of drug-likeness (QED) is 0.753. The third-order valence-corrected chi connectivity index (χ3v) is 4.37. The van der Waals surface area contributed by atoms with Crippen LogP contribution in [0.2, 0.25) is 0 Å². The molecule has 1 N–H and O–H groups in total. The van der Waals surface area contributed by atoms with Crippen molar-refractivity contribution in [3.8, 4) is 0 Å². The Balaban J connectivity index is 2.19. The number of hydrogen-bond donors (Lipinski definition) is 1. The highest BCUT2D eigenvalue weighted by Crippen LogP contribution is 2.35. The number of amides is 2. The Morgan fingerprint density at radius 2 is 2.26 bits per heavy atom. The van der Waals surface area contributed by atoms with E-state index in [1.807, 2.05) is 25.9 Å². The van der Waals surface area contributed by atoms with E-state index in [9.17, 15) is 4.79 Å². The van der Waals surface area contributed by atoms with Crippen LogP contribution in [-0.2, 0) is 16.8 Å². The molecule has 9 nitrogen and oxygen atoms in total. The molecular weight excluding hydrogens is 298 g/mol. The van der Waals surface area contributed by atoms with Crippen molar-refractivity contribution >= 4 is 6.03 Å². The van der Waals surface area contributed by atoms with Crippen LogP contribution in [0.15, 0.2) is 0 Å². The van der Waals surface area contributed by atoms with E-state index in [1.54, 1.807) is 11.8 Å². The number of aromatic nitrogens is 4. The number of ether oxygens (including phenoxy) is 1. The van der Waals surface area contributed by atoms with E-state index in [1.165, 1.54) is 0 Å². The van der Waals surface area contributed by atoms with Crippen molar-refractivity contribution in [1.29, 1.82) is 0 Å². The topological polar surface area (TPSA) is 88.4 Å². The standard InChI is InChI=1S/C14H27N7O2/c1-5-7-15-13(22)20-8-6-14(11-20,19(2)3)12-16-17-18-21(12)9-10-23-4/h5-11H2,1-4H3,(H,15,22). The fourth-order valence-electron chi connectivity index (χ4n) is 2.92. The number of hydrogen-bond acceptors (Lipinski definition) is 6. The van der Waals surface area contributed by atoms with Gasteiger partial charge >= 0.3 is 6.03 Å². The number of rotatable bonds is 7. The fraction of sp³-hybridized carbons (Fsp3) is 0.857. The molecule has 9 heteroatoms. The molecule has 2 heterocycles. The molecule has 2 amide bonds. The summed E-state index contributed by atoms with van der Waals surface area (Å²) in [6, 6.07) is -0.0218. The van der Waals surface area contributed by atoms with Crippen molar-refractivity contribution < 1.29 is 9.53 Å². The van der Waals surface area contributed by atoms with E-state index in [0.29, 0.717) is 32.8 Å². The normalized spacial score (nSPS) is 21.2. The van der Waals surface area contributed by atoms with E-state index >= 15 is 0 Å². The summed E-state index contributed by atoms with van der Waals surface area (Å²) in [6.07, 6.45) is 1.72. The molecule has 1 aliphatic rings. The van der Waals surface area contributed by atoms with E-state index in [2.05, 4.69) is 25.7 Å². The van der Waals surface area contributed by atoms with E-state index < -0.39 is 0 Å². The highest BCUT2D eigenvalue weighted by atomic mass is 16.5. The van der Waals surface area contributed by atoms with Crippen molar-refractivity contribution in [2.24, 2.45) is 0 Å². The average Bonchev–Trinajstić information content (AvgIpc) is 3.17. The fourth-order valence-corrected chi connectivity index (χ4v) is 2.92. The molecule has 0 aliphatic carbocycles. The van der Waals surface area contributed by atoms with Crippen molar-refractivity contribution in [1.82, 2.24) is 35.3 Å². The lowest BCUT2D eigenvalue weighted by molar-refractivity contribution is 0.130. The van der Waals surface area contributed by atoms with Crippen LogP contribution in [0.4, 0.5) is 4.79 Å². The molecule has 1 unspecified atom stereocenters. The maximum atomic E-state index is 12.3. The molecule has 0 spiro atoms. The van der Waals surface area contributed by atoms with Crippen LogP contribution in [0.3, 0.4) is 0 Å². The summed E-state index contributed by atoms with van der Waals surface area (Å²) >= 11 is 0. The molecule has 0 saturated carbocycles. The van der Waals surface area contributed by atoms with Gasteiger partial charge in [0.15, 0.2) is 5.82 Å². The van der Waals surface area contributed by atoms with Crippen LogP contribution >= 0.6 is 0 Å². The lowest BCUT2D eigenvalue weighted by Gasteiger charge is -2.34. The van der Waals surface area contributed by atoms with Crippen LogP contribution in [0.25, 0.3) is 0 Å². The van der Waals surface area contributed by atoms with Gasteiger partial charge in [0, 0.05) is 26.7 Å². The predicted octanol–water partition coefficient (Wildman–Crippen LogP) is -0.0983. The van der Waals surface area contributed by atoms with Gasteiger partial charge in [0.05, 0.1) is 13.2 Å². The van der Waals surface area contributed by atoms with Gasteiger partial charge in [-0.25, -0.2) is 9.48 Å². The highest BCUT2D eigenvalue weighted by molar-refractivity contribution is 5.74. The summed E-state index contributed by atoms with van der Waals surface area (Å²) in [5.41, 5.74) is -0.374. The van der Waals surface area contributed by atoms with Gasteiger partial charge in [0.1, 0.15) is 5.54 Å². The second kappa shape index (κ2) is 7.69. The van der Waals surface area contributed by atoms with Gasteiger partial charge in [-0.1, -0.05) is 6.92 Å². The summed E-state index contributed by atoms with van der Waals surface area (Å²) in [6.45, 7) is 5.13. The monoisotopic (exact) mass is 325 g/mol. The largest absolute Gasteiger partial charge is 0.383 e. The molecule has 1 aromatic heterocycles. The minimum absolute atomic E-state index is 0.0218. The predicted molar refractivity (Wildman–Crippen MR) is 84.9 cm³/mol. The minimum Gasteiger partial charge on any atom is -0.383 e. The first-order valence-electron chi connectivity index (χ1n) is 8.01. The second-order valence-corrected chi connectivity index (χ2v) is 6.05. The third-order valence-electron chi connectivity index (χ3n) is 4.37.